The molecular weight excluding hydrogens is 510 g/mol. The number of carbonyl (C=O) groups excluding carboxylic acids is 2. The quantitative estimate of drug-likeness (QED) is 0.336. The lowest BCUT2D eigenvalue weighted by Gasteiger charge is -2.19. The first-order valence-electron chi connectivity index (χ1n) is 10.7. The molecule has 3 aromatic carbocycles. The van der Waals surface area contributed by atoms with Crippen molar-refractivity contribution in [3.8, 4) is 6.07 Å². The molecule has 0 bridgehead atoms. The molecule has 1 fully saturated rings. The van der Waals surface area contributed by atoms with Crippen LogP contribution in [-0.2, 0) is 22.6 Å². The zero-order chi connectivity index (χ0) is 24.1. The number of anilines is 1. The topological polar surface area (TPSA) is 73.2 Å². The molecule has 1 atom stereocenters. The van der Waals surface area contributed by atoms with Crippen LogP contribution in [0, 0.1) is 18.3 Å². The largest absolute Gasteiger partial charge is 0.347 e. The summed E-state index contributed by atoms with van der Waals surface area (Å²) in [5, 5.41) is 12.7. The number of hydrogen-bond donors (Lipinski definition) is 1. The number of nitrogens with one attached hydrogen (secondary N) is 1. The van der Waals surface area contributed by atoms with E-state index < -0.39 is 11.2 Å². The lowest BCUT2D eigenvalue weighted by atomic mass is 10.0. The normalized spacial score (nSPS) is 16.8. The highest BCUT2D eigenvalue weighted by atomic mass is 79.9. The number of carbonyl (C=O) groups is 2. The fourth-order valence-corrected chi connectivity index (χ4v) is 5.28. The fourth-order valence-electron chi connectivity index (χ4n) is 3.72. The van der Waals surface area contributed by atoms with Crippen molar-refractivity contribution in [1.29, 1.82) is 5.26 Å². The standard InChI is InChI=1S/C27H22BrN3O2S/c1-18-7-5-6-10-20(18)15-24-26(33)31(22-13-11-21(28)12-14-22)27(34-24)23(16-29)25(32)30-17-19-8-3-2-4-9-19/h2-14,24H,15,17H2,1H3,(H,30,32). The number of nitrogens with zero attached hydrogens (tertiary/aromatic N) is 2. The summed E-state index contributed by atoms with van der Waals surface area (Å²) in [4.78, 5) is 28.1. The molecule has 34 heavy (non-hydrogen) atoms. The maximum atomic E-state index is 13.6. The van der Waals surface area contributed by atoms with E-state index in [1.807, 2.05) is 73.7 Å². The van der Waals surface area contributed by atoms with E-state index in [9.17, 15) is 14.9 Å². The molecule has 5 nitrogen and oxygen atoms in total. The lowest BCUT2D eigenvalue weighted by Crippen LogP contribution is -2.32. The molecule has 3 aromatic rings. The molecule has 0 spiro atoms. The van der Waals surface area contributed by atoms with Crippen molar-refractivity contribution in [2.24, 2.45) is 0 Å². The highest BCUT2D eigenvalue weighted by Crippen LogP contribution is 2.42. The number of aryl methyl sites for hydroxylation is 1. The van der Waals surface area contributed by atoms with E-state index in [2.05, 4.69) is 27.3 Å². The van der Waals surface area contributed by atoms with Crippen LogP contribution >= 0.6 is 27.7 Å². The van der Waals surface area contributed by atoms with Gasteiger partial charge in [-0.2, -0.15) is 5.26 Å². The Kier molecular flexibility index (Phi) is 7.51. The molecule has 1 unspecified atom stereocenters. The Labute approximate surface area is 211 Å². The Morgan fingerprint density at radius 1 is 1.06 bits per heavy atom. The van der Waals surface area contributed by atoms with Crippen molar-refractivity contribution < 1.29 is 9.59 Å². The summed E-state index contributed by atoms with van der Waals surface area (Å²) in [5.74, 6) is -0.644. The molecule has 2 amide bonds. The molecule has 0 radical (unpaired) electrons. The van der Waals surface area contributed by atoms with Gasteiger partial charge in [-0.3, -0.25) is 14.5 Å². The lowest BCUT2D eigenvalue weighted by molar-refractivity contribution is -0.117. The van der Waals surface area contributed by atoms with Crippen LogP contribution in [0.15, 0.2) is 93.9 Å². The summed E-state index contributed by atoms with van der Waals surface area (Å²) in [5.41, 5.74) is 3.65. The molecule has 1 N–H and O–H groups in total. The van der Waals surface area contributed by atoms with E-state index >= 15 is 0 Å². The van der Waals surface area contributed by atoms with Gasteiger partial charge in [0.2, 0.25) is 5.91 Å². The van der Waals surface area contributed by atoms with Crippen LogP contribution in [0.25, 0.3) is 0 Å². The maximum absolute atomic E-state index is 13.6. The van der Waals surface area contributed by atoms with Crippen LogP contribution in [0.3, 0.4) is 0 Å². The summed E-state index contributed by atoms with van der Waals surface area (Å²) >= 11 is 4.69. The van der Waals surface area contributed by atoms with Crippen LogP contribution in [0.1, 0.15) is 16.7 Å². The number of amides is 2. The molecule has 4 rings (SSSR count). The second-order valence-electron chi connectivity index (χ2n) is 7.85. The average Bonchev–Trinajstić information content (AvgIpc) is 3.16. The van der Waals surface area contributed by atoms with Gasteiger partial charge in [0.1, 0.15) is 16.7 Å². The van der Waals surface area contributed by atoms with Crippen LogP contribution in [-0.4, -0.2) is 17.1 Å². The third-order valence-electron chi connectivity index (χ3n) is 5.55. The number of halogens is 1. The summed E-state index contributed by atoms with van der Waals surface area (Å²) in [6, 6.07) is 26.7. The maximum Gasteiger partial charge on any atom is 0.264 e. The smallest absolute Gasteiger partial charge is 0.264 e. The van der Waals surface area contributed by atoms with E-state index in [0.29, 0.717) is 23.7 Å². The van der Waals surface area contributed by atoms with Gasteiger partial charge in [0.15, 0.2) is 0 Å². The zero-order valence-corrected chi connectivity index (χ0v) is 20.9. The monoisotopic (exact) mass is 531 g/mol. The number of benzene rings is 3. The molecular formula is C27H22BrN3O2S. The van der Waals surface area contributed by atoms with Crippen molar-refractivity contribution in [2.45, 2.75) is 25.1 Å². The average molecular weight is 532 g/mol. The van der Waals surface area contributed by atoms with E-state index in [0.717, 1.165) is 21.2 Å². The molecule has 0 saturated carbocycles. The van der Waals surface area contributed by atoms with Gasteiger partial charge in [-0.15, -0.1) is 0 Å². The summed E-state index contributed by atoms with van der Waals surface area (Å²) in [6.45, 7) is 2.31. The number of rotatable bonds is 6. The van der Waals surface area contributed by atoms with Gasteiger partial charge < -0.3 is 5.32 Å². The second kappa shape index (κ2) is 10.7. The zero-order valence-electron chi connectivity index (χ0n) is 18.5. The third kappa shape index (κ3) is 5.24. The minimum atomic E-state index is -0.500. The van der Waals surface area contributed by atoms with Crippen LogP contribution in [0.2, 0.25) is 0 Å². The van der Waals surface area contributed by atoms with Crippen molar-refractivity contribution in [1.82, 2.24) is 5.32 Å². The summed E-state index contributed by atoms with van der Waals surface area (Å²) in [7, 11) is 0. The molecule has 7 heteroatoms. The van der Waals surface area contributed by atoms with Gasteiger partial charge in [0, 0.05) is 16.7 Å². The highest BCUT2D eigenvalue weighted by Gasteiger charge is 2.40. The van der Waals surface area contributed by atoms with Crippen LogP contribution in [0.4, 0.5) is 5.69 Å². The van der Waals surface area contributed by atoms with Gasteiger partial charge in [-0.05, 0) is 54.3 Å². The van der Waals surface area contributed by atoms with Gasteiger partial charge in [-0.25, -0.2) is 0 Å². The molecule has 1 saturated heterocycles. The molecule has 1 aliphatic heterocycles. The molecule has 0 aliphatic carbocycles. The molecule has 170 valence electrons. The van der Waals surface area contributed by atoms with Gasteiger partial charge in [0.25, 0.3) is 5.91 Å². The number of nitriles is 1. The van der Waals surface area contributed by atoms with Crippen molar-refractivity contribution >= 4 is 45.2 Å². The first kappa shape index (κ1) is 23.8. The molecule has 1 aliphatic rings. The Morgan fingerprint density at radius 3 is 2.41 bits per heavy atom. The van der Waals surface area contributed by atoms with Crippen LogP contribution < -0.4 is 10.2 Å². The van der Waals surface area contributed by atoms with Crippen molar-refractivity contribution in [3.05, 3.63) is 111 Å². The number of thioether (sulfide) groups is 1. The fraction of sp³-hybridized carbons (Fsp3) is 0.148. The van der Waals surface area contributed by atoms with Crippen LogP contribution in [0.5, 0.6) is 0 Å². The van der Waals surface area contributed by atoms with Gasteiger partial charge in [-0.1, -0.05) is 82.3 Å². The predicted molar refractivity (Wildman–Crippen MR) is 139 cm³/mol. The predicted octanol–water partition coefficient (Wildman–Crippen LogP) is 5.50. The minimum Gasteiger partial charge on any atom is -0.347 e. The van der Waals surface area contributed by atoms with E-state index in [1.54, 1.807) is 12.1 Å². The Balaban J connectivity index is 1.68. The summed E-state index contributed by atoms with van der Waals surface area (Å²) in [6.07, 6.45) is 0.511. The SMILES string of the molecule is Cc1ccccc1CC1SC(=C(C#N)C(=O)NCc2ccccc2)N(c2ccc(Br)cc2)C1=O. The minimum absolute atomic E-state index is 0.0653. The second-order valence-corrected chi connectivity index (χ2v) is 9.95. The third-order valence-corrected chi connectivity index (χ3v) is 7.34. The van der Waals surface area contributed by atoms with E-state index in [-0.39, 0.29) is 11.5 Å². The highest BCUT2D eigenvalue weighted by molar-refractivity contribution is 9.10. The Morgan fingerprint density at radius 2 is 1.74 bits per heavy atom. The van der Waals surface area contributed by atoms with Gasteiger partial charge in [0.05, 0.1) is 5.25 Å². The number of hydrogen-bond acceptors (Lipinski definition) is 4. The van der Waals surface area contributed by atoms with E-state index in [1.165, 1.54) is 16.7 Å². The van der Waals surface area contributed by atoms with Gasteiger partial charge >= 0.3 is 0 Å². The van der Waals surface area contributed by atoms with Crippen molar-refractivity contribution in [3.63, 3.8) is 0 Å². The Bertz CT molecular complexity index is 1280. The first-order chi connectivity index (χ1) is 16.5. The summed E-state index contributed by atoms with van der Waals surface area (Å²) < 4.78 is 0.874. The Hall–Kier alpha value is -3.34. The molecule has 1 heterocycles. The van der Waals surface area contributed by atoms with E-state index in [4.69, 9.17) is 0 Å². The van der Waals surface area contributed by atoms with Crippen molar-refractivity contribution in [2.75, 3.05) is 4.90 Å². The first-order valence-corrected chi connectivity index (χ1v) is 12.4. The molecule has 0 aromatic heterocycles.